The van der Waals surface area contributed by atoms with Gasteiger partial charge in [-0.3, -0.25) is 4.79 Å². The molecule has 1 aromatic carbocycles. The molecule has 2 heterocycles. The normalized spacial score (nSPS) is 12.1. The van der Waals surface area contributed by atoms with E-state index >= 15 is 0 Å². The van der Waals surface area contributed by atoms with Crippen LogP contribution in [0.1, 0.15) is 33.9 Å². The Bertz CT molecular complexity index is 825. The number of amides is 1. The molecule has 0 saturated carbocycles. The van der Waals surface area contributed by atoms with Crippen molar-refractivity contribution in [3.05, 3.63) is 58.9 Å². The number of benzene rings is 1. The van der Waals surface area contributed by atoms with Gasteiger partial charge in [-0.15, -0.1) is 0 Å². The van der Waals surface area contributed by atoms with E-state index in [2.05, 4.69) is 15.4 Å². The number of rotatable bonds is 4. The van der Waals surface area contributed by atoms with E-state index in [9.17, 15) is 4.79 Å². The van der Waals surface area contributed by atoms with Gasteiger partial charge in [0.05, 0.1) is 17.4 Å². The minimum absolute atomic E-state index is 0.167. The maximum Gasteiger partial charge on any atom is 0.263 e. The number of nitrogen functional groups attached to an aromatic ring is 1. The average molecular weight is 327 g/mol. The second-order valence-electron chi connectivity index (χ2n) is 5.17. The number of para-hydroxylation sites is 1. The Labute approximate surface area is 138 Å². The predicted molar refractivity (Wildman–Crippen MR) is 90.7 cm³/mol. The van der Waals surface area contributed by atoms with Crippen molar-refractivity contribution in [1.29, 1.82) is 0 Å². The predicted octanol–water partition coefficient (Wildman–Crippen LogP) is 2.71. The fourth-order valence-corrected chi connectivity index (χ4v) is 3.18. The zero-order valence-corrected chi connectivity index (χ0v) is 13.7. The smallest absolute Gasteiger partial charge is 0.263 e. The molecule has 7 heteroatoms. The van der Waals surface area contributed by atoms with Crippen molar-refractivity contribution < 1.29 is 4.79 Å². The van der Waals surface area contributed by atoms with Gasteiger partial charge in [0.2, 0.25) is 0 Å². The molecule has 23 heavy (non-hydrogen) atoms. The molecule has 0 fully saturated rings. The van der Waals surface area contributed by atoms with Crippen LogP contribution in [0.25, 0.3) is 5.69 Å². The minimum Gasteiger partial charge on any atom is -0.375 e. The van der Waals surface area contributed by atoms with Crippen LogP contribution in [-0.2, 0) is 0 Å². The lowest BCUT2D eigenvalue weighted by molar-refractivity contribution is 0.0943. The highest BCUT2D eigenvalue weighted by atomic mass is 32.1. The van der Waals surface area contributed by atoms with Gasteiger partial charge in [-0.1, -0.05) is 29.5 Å². The van der Waals surface area contributed by atoms with Crippen LogP contribution < -0.4 is 11.1 Å². The second kappa shape index (κ2) is 6.21. The molecule has 0 radical (unpaired) electrons. The molecule has 0 saturated heterocycles. The van der Waals surface area contributed by atoms with Crippen molar-refractivity contribution in [2.75, 3.05) is 5.73 Å². The third-order valence-electron chi connectivity index (χ3n) is 3.52. The Morgan fingerprint density at radius 3 is 2.78 bits per heavy atom. The first-order valence-corrected chi connectivity index (χ1v) is 8.00. The second-order valence-corrected chi connectivity index (χ2v) is 6.20. The summed E-state index contributed by atoms with van der Waals surface area (Å²) in [6.45, 7) is 3.73. The summed E-state index contributed by atoms with van der Waals surface area (Å²) in [5.41, 5.74) is 8.24. The van der Waals surface area contributed by atoms with Crippen molar-refractivity contribution in [2.45, 2.75) is 19.9 Å². The first-order chi connectivity index (χ1) is 11.1. The van der Waals surface area contributed by atoms with Gasteiger partial charge < -0.3 is 11.1 Å². The Kier molecular flexibility index (Phi) is 4.12. The zero-order valence-electron chi connectivity index (χ0n) is 12.9. The quantitative estimate of drug-likeness (QED) is 0.771. The number of aromatic nitrogens is 3. The molecule has 118 valence electrons. The zero-order chi connectivity index (χ0) is 16.4. The average Bonchev–Trinajstić information content (AvgIpc) is 3.16. The number of nitrogens with zero attached hydrogens (tertiary/aromatic N) is 3. The van der Waals surface area contributed by atoms with E-state index in [-0.39, 0.29) is 11.9 Å². The first kappa shape index (κ1) is 15.2. The van der Waals surface area contributed by atoms with E-state index in [0.717, 1.165) is 11.3 Å². The topological polar surface area (TPSA) is 85.8 Å². The lowest BCUT2D eigenvalue weighted by Crippen LogP contribution is -2.27. The molecule has 2 aromatic heterocycles. The summed E-state index contributed by atoms with van der Waals surface area (Å²) in [6, 6.07) is 9.54. The summed E-state index contributed by atoms with van der Waals surface area (Å²) >= 11 is 1.20. The van der Waals surface area contributed by atoms with Crippen molar-refractivity contribution >= 4 is 22.4 Å². The van der Waals surface area contributed by atoms with Crippen LogP contribution in [-0.4, -0.2) is 20.7 Å². The van der Waals surface area contributed by atoms with Gasteiger partial charge in [0.15, 0.2) is 5.13 Å². The van der Waals surface area contributed by atoms with Crippen LogP contribution in [0.15, 0.2) is 42.7 Å². The molecule has 6 nitrogen and oxygen atoms in total. The highest BCUT2D eigenvalue weighted by Gasteiger charge is 2.19. The molecule has 1 unspecified atom stereocenters. The van der Waals surface area contributed by atoms with Gasteiger partial charge in [0.1, 0.15) is 4.88 Å². The number of hydrogen-bond acceptors (Lipinski definition) is 5. The van der Waals surface area contributed by atoms with E-state index in [0.29, 0.717) is 15.7 Å². The molecule has 1 amide bonds. The van der Waals surface area contributed by atoms with Crippen molar-refractivity contribution in [2.24, 2.45) is 0 Å². The minimum atomic E-state index is -0.175. The maximum atomic E-state index is 12.4. The number of thiazole rings is 1. The Morgan fingerprint density at radius 1 is 1.35 bits per heavy atom. The number of carbonyl (C=O) groups excluding carboxylic acids is 1. The molecule has 0 aliphatic carbocycles. The number of anilines is 1. The number of hydrogen-bond donors (Lipinski definition) is 2. The maximum absolute atomic E-state index is 12.4. The van der Waals surface area contributed by atoms with E-state index in [4.69, 9.17) is 5.73 Å². The SMILES string of the molecule is Cc1nc(N)sc1C(=O)NC(C)c1ccccc1-n1cccn1. The van der Waals surface area contributed by atoms with Crippen LogP contribution >= 0.6 is 11.3 Å². The van der Waals surface area contributed by atoms with Gasteiger partial charge in [-0.2, -0.15) is 5.10 Å². The fraction of sp³-hybridized carbons (Fsp3) is 0.188. The Morgan fingerprint density at radius 2 is 2.13 bits per heavy atom. The van der Waals surface area contributed by atoms with Crippen LogP contribution in [0.5, 0.6) is 0 Å². The lowest BCUT2D eigenvalue weighted by Gasteiger charge is -2.17. The molecule has 3 aromatic rings. The van der Waals surface area contributed by atoms with Gasteiger partial charge >= 0.3 is 0 Å². The van der Waals surface area contributed by atoms with Crippen molar-refractivity contribution in [3.8, 4) is 5.69 Å². The van der Waals surface area contributed by atoms with Crippen LogP contribution in [0.3, 0.4) is 0 Å². The standard InChI is InChI=1S/C16H17N5OS/c1-10(19-15(22)14-11(2)20-16(17)23-14)12-6-3-4-7-13(12)21-9-5-8-18-21/h3-10H,1-2H3,(H2,17,20)(H,19,22). The summed E-state index contributed by atoms with van der Waals surface area (Å²) < 4.78 is 1.79. The van der Waals surface area contributed by atoms with Gasteiger partial charge in [0, 0.05) is 12.4 Å². The summed E-state index contributed by atoms with van der Waals surface area (Å²) in [6.07, 6.45) is 3.60. The summed E-state index contributed by atoms with van der Waals surface area (Å²) in [4.78, 5) is 17.1. The molecule has 0 aliphatic rings. The summed E-state index contributed by atoms with van der Waals surface area (Å²) in [5.74, 6) is -0.167. The number of nitrogens with two attached hydrogens (primary N) is 1. The Balaban J connectivity index is 1.85. The molecule has 0 bridgehead atoms. The lowest BCUT2D eigenvalue weighted by atomic mass is 10.1. The van der Waals surface area contributed by atoms with Crippen LogP contribution in [0, 0.1) is 6.92 Å². The highest BCUT2D eigenvalue weighted by Crippen LogP contribution is 2.24. The van der Waals surface area contributed by atoms with Crippen LogP contribution in [0.2, 0.25) is 0 Å². The largest absolute Gasteiger partial charge is 0.375 e. The summed E-state index contributed by atoms with van der Waals surface area (Å²) in [7, 11) is 0. The summed E-state index contributed by atoms with van der Waals surface area (Å²) in [5, 5.41) is 7.67. The van der Waals surface area contributed by atoms with E-state index in [1.54, 1.807) is 17.8 Å². The molecular weight excluding hydrogens is 310 g/mol. The Hall–Kier alpha value is -2.67. The van der Waals surface area contributed by atoms with Gasteiger partial charge in [0.25, 0.3) is 5.91 Å². The number of aryl methyl sites for hydroxylation is 1. The van der Waals surface area contributed by atoms with Crippen LogP contribution in [0.4, 0.5) is 5.13 Å². The number of nitrogens with one attached hydrogen (secondary N) is 1. The molecule has 0 aliphatic heterocycles. The van der Waals surface area contributed by atoms with Crippen molar-refractivity contribution in [3.63, 3.8) is 0 Å². The molecular formula is C16H17N5OS. The number of carbonyl (C=O) groups is 1. The molecule has 1 atom stereocenters. The van der Waals surface area contributed by atoms with E-state index in [1.165, 1.54) is 11.3 Å². The molecule has 3 rings (SSSR count). The third kappa shape index (κ3) is 3.09. The third-order valence-corrected chi connectivity index (χ3v) is 4.51. The van der Waals surface area contributed by atoms with Gasteiger partial charge in [-0.25, -0.2) is 9.67 Å². The van der Waals surface area contributed by atoms with E-state index < -0.39 is 0 Å². The molecule has 0 spiro atoms. The highest BCUT2D eigenvalue weighted by molar-refractivity contribution is 7.17. The van der Waals surface area contributed by atoms with Gasteiger partial charge in [-0.05, 0) is 31.5 Å². The van der Waals surface area contributed by atoms with E-state index in [1.807, 2.05) is 43.5 Å². The monoisotopic (exact) mass is 327 g/mol. The van der Waals surface area contributed by atoms with Crippen molar-refractivity contribution in [1.82, 2.24) is 20.1 Å². The first-order valence-electron chi connectivity index (χ1n) is 7.19. The molecule has 3 N–H and O–H groups in total. The fourth-order valence-electron chi connectivity index (χ4n) is 2.44.